The highest BCUT2D eigenvalue weighted by Gasteiger charge is 2.24. The van der Waals surface area contributed by atoms with Gasteiger partial charge in [0, 0.05) is 31.3 Å². The molecular weight excluding hydrogens is 292 g/mol. The molecule has 1 aliphatic rings. The number of carbonyl (C=O) groups excluding carboxylic acids is 1. The van der Waals surface area contributed by atoms with Crippen molar-refractivity contribution in [1.29, 1.82) is 0 Å². The first-order valence-electron chi connectivity index (χ1n) is 7.08. The molecule has 1 aromatic rings. The SMILES string of the molecule is COCCOc1ccc(Cl)cc1C(=O)N1CCCC(N)C1. The monoisotopic (exact) mass is 312 g/mol. The topological polar surface area (TPSA) is 64.8 Å². The fourth-order valence-corrected chi connectivity index (χ4v) is 2.57. The van der Waals surface area contributed by atoms with E-state index in [1.165, 1.54) is 0 Å². The van der Waals surface area contributed by atoms with Gasteiger partial charge in [-0.1, -0.05) is 11.6 Å². The zero-order chi connectivity index (χ0) is 15.2. The molecule has 0 aliphatic carbocycles. The average molecular weight is 313 g/mol. The number of ether oxygens (including phenoxy) is 2. The number of carbonyl (C=O) groups is 1. The largest absolute Gasteiger partial charge is 0.490 e. The van der Waals surface area contributed by atoms with Crippen LogP contribution in [0.1, 0.15) is 23.2 Å². The second-order valence-corrected chi connectivity index (χ2v) is 5.57. The summed E-state index contributed by atoms with van der Waals surface area (Å²) in [6, 6.07) is 5.11. The number of piperidine rings is 1. The minimum atomic E-state index is -0.0833. The Balaban J connectivity index is 2.15. The first-order valence-corrected chi connectivity index (χ1v) is 7.45. The van der Waals surface area contributed by atoms with Gasteiger partial charge in [0.05, 0.1) is 12.2 Å². The highest BCUT2D eigenvalue weighted by atomic mass is 35.5. The summed E-state index contributed by atoms with van der Waals surface area (Å²) in [5.41, 5.74) is 6.42. The Labute approximate surface area is 130 Å². The molecule has 6 heteroatoms. The normalized spacial score (nSPS) is 18.6. The van der Waals surface area contributed by atoms with Crippen molar-refractivity contribution in [3.05, 3.63) is 28.8 Å². The van der Waals surface area contributed by atoms with E-state index in [4.69, 9.17) is 26.8 Å². The van der Waals surface area contributed by atoms with Crippen molar-refractivity contribution in [2.24, 2.45) is 5.73 Å². The third kappa shape index (κ3) is 4.33. The summed E-state index contributed by atoms with van der Waals surface area (Å²) in [7, 11) is 1.60. The number of nitrogens with zero attached hydrogens (tertiary/aromatic N) is 1. The van der Waals surface area contributed by atoms with Gasteiger partial charge in [0.25, 0.3) is 5.91 Å². The molecule has 0 radical (unpaired) electrons. The maximum absolute atomic E-state index is 12.7. The number of hydrogen-bond donors (Lipinski definition) is 1. The van der Waals surface area contributed by atoms with E-state index in [0.29, 0.717) is 36.1 Å². The van der Waals surface area contributed by atoms with E-state index >= 15 is 0 Å². The highest BCUT2D eigenvalue weighted by molar-refractivity contribution is 6.31. The summed E-state index contributed by atoms with van der Waals surface area (Å²) in [5, 5.41) is 0.513. The molecule has 1 aromatic carbocycles. The number of halogens is 1. The zero-order valence-electron chi connectivity index (χ0n) is 12.2. The molecule has 116 valence electrons. The Morgan fingerprint density at radius 1 is 1.48 bits per heavy atom. The lowest BCUT2D eigenvalue weighted by molar-refractivity contribution is 0.0702. The molecule has 1 aliphatic heterocycles. The van der Waals surface area contributed by atoms with Crippen LogP contribution in [0.5, 0.6) is 5.75 Å². The number of benzene rings is 1. The molecule has 1 unspecified atom stereocenters. The summed E-state index contributed by atoms with van der Waals surface area (Å²) in [6.45, 7) is 2.14. The molecule has 1 fully saturated rings. The minimum absolute atomic E-state index is 0.0414. The van der Waals surface area contributed by atoms with Crippen LogP contribution in [-0.4, -0.2) is 50.3 Å². The number of likely N-dealkylation sites (tertiary alicyclic amines) is 1. The molecule has 2 rings (SSSR count). The van der Waals surface area contributed by atoms with E-state index in [2.05, 4.69) is 0 Å². The fourth-order valence-electron chi connectivity index (χ4n) is 2.39. The first-order chi connectivity index (χ1) is 10.1. The Kier molecular flexibility index (Phi) is 5.85. The maximum Gasteiger partial charge on any atom is 0.257 e. The summed E-state index contributed by atoms with van der Waals surface area (Å²) in [4.78, 5) is 14.4. The number of rotatable bonds is 5. The molecule has 1 heterocycles. The van der Waals surface area contributed by atoms with Crippen LogP contribution >= 0.6 is 11.6 Å². The molecule has 1 amide bonds. The van der Waals surface area contributed by atoms with Gasteiger partial charge in [-0.15, -0.1) is 0 Å². The van der Waals surface area contributed by atoms with Crippen LogP contribution in [0.25, 0.3) is 0 Å². The lowest BCUT2D eigenvalue weighted by Crippen LogP contribution is -2.45. The van der Waals surface area contributed by atoms with E-state index in [-0.39, 0.29) is 11.9 Å². The summed E-state index contributed by atoms with van der Waals surface area (Å²) >= 11 is 6.01. The number of amides is 1. The number of hydrogen-bond acceptors (Lipinski definition) is 4. The Bertz CT molecular complexity index is 496. The van der Waals surface area contributed by atoms with Crippen LogP contribution in [0.4, 0.5) is 0 Å². The van der Waals surface area contributed by atoms with Gasteiger partial charge in [0.1, 0.15) is 12.4 Å². The zero-order valence-corrected chi connectivity index (χ0v) is 12.9. The van der Waals surface area contributed by atoms with Crippen molar-refractivity contribution in [1.82, 2.24) is 4.90 Å². The third-order valence-corrected chi connectivity index (χ3v) is 3.70. The van der Waals surface area contributed by atoms with Gasteiger partial charge in [0.2, 0.25) is 0 Å². The fraction of sp³-hybridized carbons (Fsp3) is 0.533. The van der Waals surface area contributed by atoms with Crippen LogP contribution in [0.15, 0.2) is 18.2 Å². The van der Waals surface area contributed by atoms with Gasteiger partial charge >= 0.3 is 0 Å². The smallest absolute Gasteiger partial charge is 0.257 e. The van der Waals surface area contributed by atoms with Crippen molar-refractivity contribution in [2.45, 2.75) is 18.9 Å². The van der Waals surface area contributed by atoms with Gasteiger partial charge in [0.15, 0.2) is 0 Å². The highest BCUT2D eigenvalue weighted by Crippen LogP contribution is 2.25. The van der Waals surface area contributed by atoms with E-state index in [1.54, 1.807) is 30.2 Å². The van der Waals surface area contributed by atoms with Gasteiger partial charge in [-0.3, -0.25) is 4.79 Å². The lowest BCUT2D eigenvalue weighted by Gasteiger charge is -2.31. The molecule has 21 heavy (non-hydrogen) atoms. The van der Waals surface area contributed by atoms with Crippen molar-refractivity contribution >= 4 is 17.5 Å². The first kappa shape index (κ1) is 16.1. The van der Waals surface area contributed by atoms with Crippen molar-refractivity contribution < 1.29 is 14.3 Å². The summed E-state index contributed by atoms with van der Waals surface area (Å²) in [5.74, 6) is 0.445. The summed E-state index contributed by atoms with van der Waals surface area (Å²) in [6.07, 6.45) is 1.88. The van der Waals surface area contributed by atoms with Gasteiger partial charge in [-0.2, -0.15) is 0 Å². The molecule has 0 spiro atoms. The maximum atomic E-state index is 12.7. The molecule has 0 bridgehead atoms. The standard InChI is InChI=1S/C15H21ClN2O3/c1-20-7-8-21-14-5-4-11(16)9-13(14)15(19)18-6-2-3-12(17)10-18/h4-5,9,12H,2-3,6-8,10,17H2,1H3. The molecule has 1 saturated heterocycles. The molecule has 5 nitrogen and oxygen atoms in total. The average Bonchev–Trinajstić information content (AvgIpc) is 2.48. The van der Waals surface area contributed by atoms with Crippen LogP contribution in [0.2, 0.25) is 5.02 Å². The van der Waals surface area contributed by atoms with Gasteiger partial charge in [-0.25, -0.2) is 0 Å². The van der Waals surface area contributed by atoms with Crippen molar-refractivity contribution in [3.8, 4) is 5.75 Å². The molecule has 2 N–H and O–H groups in total. The van der Waals surface area contributed by atoms with E-state index < -0.39 is 0 Å². The van der Waals surface area contributed by atoms with Crippen molar-refractivity contribution in [3.63, 3.8) is 0 Å². The van der Waals surface area contributed by atoms with Crippen LogP contribution in [0.3, 0.4) is 0 Å². The Morgan fingerprint density at radius 2 is 2.29 bits per heavy atom. The number of nitrogens with two attached hydrogens (primary N) is 1. The second-order valence-electron chi connectivity index (χ2n) is 5.14. The van der Waals surface area contributed by atoms with Gasteiger partial charge < -0.3 is 20.1 Å². The quantitative estimate of drug-likeness (QED) is 0.844. The Morgan fingerprint density at radius 3 is 3.00 bits per heavy atom. The molecule has 0 saturated carbocycles. The molecular formula is C15H21ClN2O3. The number of methoxy groups -OCH3 is 1. The second kappa shape index (κ2) is 7.64. The van der Waals surface area contributed by atoms with Crippen LogP contribution in [0, 0.1) is 0 Å². The van der Waals surface area contributed by atoms with Crippen molar-refractivity contribution in [2.75, 3.05) is 33.4 Å². The van der Waals surface area contributed by atoms with E-state index in [9.17, 15) is 4.79 Å². The van der Waals surface area contributed by atoms with Gasteiger partial charge in [-0.05, 0) is 31.0 Å². The van der Waals surface area contributed by atoms with E-state index in [0.717, 1.165) is 19.4 Å². The molecule has 1 atom stereocenters. The predicted molar refractivity (Wildman–Crippen MR) is 81.9 cm³/mol. The van der Waals surface area contributed by atoms with Crippen LogP contribution in [-0.2, 0) is 4.74 Å². The third-order valence-electron chi connectivity index (χ3n) is 3.46. The summed E-state index contributed by atoms with van der Waals surface area (Å²) < 4.78 is 10.6. The predicted octanol–water partition coefficient (Wildman–Crippen LogP) is 1.93. The van der Waals surface area contributed by atoms with Crippen LogP contribution < -0.4 is 10.5 Å². The lowest BCUT2D eigenvalue weighted by atomic mass is 10.0. The molecule has 0 aromatic heterocycles. The minimum Gasteiger partial charge on any atom is -0.490 e. The Hall–Kier alpha value is -1.30. The van der Waals surface area contributed by atoms with E-state index in [1.807, 2.05) is 0 Å².